The van der Waals surface area contributed by atoms with Gasteiger partial charge in [0.2, 0.25) is 5.91 Å². The summed E-state index contributed by atoms with van der Waals surface area (Å²) in [5, 5.41) is 2.95. The van der Waals surface area contributed by atoms with Crippen LogP contribution in [-0.2, 0) is 9.59 Å². The summed E-state index contributed by atoms with van der Waals surface area (Å²) < 4.78 is 5.89. The Morgan fingerprint density at radius 2 is 1.75 bits per heavy atom. The molecule has 2 aliphatic rings. The van der Waals surface area contributed by atoms with Crippen LogP contribution in [0.4, 0.5) is 17.1 Å². The molecule has 0 bridgehead atoms. The van der Waals surface area contributed by atoms with E-state index in [0.717, 1.165) is 43.1 Å². The Morgan fingerprint density at radius 3 is 2.44 bits per heavy atom. The molecule has 4 rings (SSSR count). The number of aryl methyl sites for hydroxylation is 1. The molecule has 0 spiro atoms. The zero-order chi connectivity index (χ0) is 22.9. The van der Waals surface area contributed by atoms with E-state index in [-0.39, 0.29) is 18.2 Å². The highest BCUT2D eigenvalue weighted by Crippen LogP contribution is 2.38. The molecular formula is C25H32N4O3. The predicted molar refractivity (Wildman–Crippen MR) is 128 cm³/mol. The minimum absolute atomic E-state index is 0.122. The van der Waals surface area contributed by atoms with Gasteiger partial charge in [-0.1, -0.05) is 6.07 Å². The largest absolute Gasteiger partial charge is 0.476 e. The Balaban J connectivity index is 1.38. The number of fused-ring (bicyclic) bond motifs is 1. The average Bonchev–Trinajstić information content (AvgIpc) is 2.76. The summed E-state index contributed by atoms with van der Waals surface area (Å²) in [5.74, 6) is 0.406. The maximum atomic E-state index is 13.0. The summed E-state index contributed by atoms with van der Waals surface area (Å²) in [4.78, 5) is 31.9. The van der Waals surface area contributed by atoms with Gasteiger partial charge in [0.25, 0.3) is 5.91 Å². The van der Waals surface area contributed by atoms with Crippen LogP contribution in [0.25, 0.3) is 0 Å². The summed E-state index contributed by atoms with van der Waals surface area (Å²) in [6, 6.07) is 13.7. The fourth-order valence-electron chi connectivity index (χ4n) is 4.16. The number of amides is 2. The minimum Gasteiger partial charge on any atom is -0.476 e. The van der Waals surface area contributed by atoms with Crippen molar-refractivity contribution in [1.29, 1.82) is 0 Å². The molecule has 7 nitrogen and oxygen atoms in total. The Kier molecular flexibility index (Phi) is 6.11. The fourth-order valence-corrected chi connectivity index (χ4v) is 4.16. The van der Waals surface area contributed by atoms with Crippen LogP contribution in [0.3, 0.4) is 0 Å². The quantitative estimate of drug-likeness (QED) is 0.779. The van der Waals surface area contributed by atoms with Gasteiger partial charge in [0, 0.05) is 50.5 Å². The summed E-state index contributed by atoms with van der Waals surface area (Å²) in [6.07, 6.45) is 0.204. The van der Waals surface area contributed by atoms with Crippen LogP contribution in [0, 0.1) is 6.92 Å². The second-order valence-corrected chi connectivity index (χ2v) is 9.18. The van der Waals surface area contributed by atoms with Gasteiger partial charge in [-0.25, -0.2) is 0 Å². The number of carbonyl (C=O) groups is 2. The second-order valence-electron chi connectivity index (χ2n) is 9.18. The number of nitrogens with one attached hydrogen (secondary N) is 1. The zero-order valence-electron chi connectivity index (χ0n) is 19.4. The van der Waals surface area contributed by atoms with E-state index >= 15 is 0 Å². The Morgan fingerprint density at radius 1 is 1.06 bits per heavy atom. The molecule has 2 aromatic rings. The summed E-state index contributed by atoms with van der Waals surface area (Å²) in [5.41, 5.74) is 2.73. The molecule has 0 aliphatic carbocycles. The van der Waals surface area contributed by atoms with Crippen molar-refractivity contribution in [3.63, 3.8) is 0 Å². The van der Waals surface area contributed by atoms with Crippen molar-refractivity contribution in [3.05, 3.63) is 48.0 Å². The topological polar surface area (TPSA) is 65.1 Å². The number of carbonyl (C=O) groups excluding carboxylic acids is 2. The van der Waals surface area contributed by atoms with E-state index < -0.39 is 5.60 Å². The zero-order valence-corrected chi connectivity index (χ0v) is 19.4. The van der Waals surface area contributed by atoms with E-state index in [4.69, 9.17) is 4.74 Å². The molecule has 2 heterocycles. The molecule has 32 heavy (non-hydrogen) atoms. The first kappa shape index (κ1) is 22.1. The third-order valence-corrected chi connectivity index (χ3v) is 6.11. The number of hydrogen-bond acceptors (Lipinski definition) is 5. The molecular weight excluding hydrogens is 404 g/mol. The highest BCUT2D eigenvalue weighted by molar-refractivity contribution is 6.03. The van der Waals surface area contributed by atoms with Gasteiger partial charge in [-0.2, -0.15) is 0 Å². The van der Waals surface area contributed by atoms with Crippen molar-refractivity contribution in [2.45, 2.75) is 32.8 Å². The van der Waals surface area contributed by atoms with Crippen LogP contribution in [0.5, 0.6) is 5.75 Å². The van der Waals surface area contributed by atoms with E-state index in [1.807, 2.05) is 49.4 Å². The number of hydrogen-bond donors (Lipinski definition) is 1. The molecule has 0 aromatic heterocycles. The predicted octanol–water partition coefficient (Wildman–Crippen LogP) is 3.28. The molecule has 0 unspecified atom stereocenters. The molecule has 0 radical (unpaired) electrons. The summed E-state index contributed by atoms with van der Waals surface area (Å²) in [6.45, 7) is 9.91. The SMILES string of the molecule is Cc1ccc2c(c1)N(CCC(=O)Nc1ccc(N3CCN(C)CC3)cc1)C(=O)C(C)(C)O2. The van der Waals surface area contributed by atoms with Gasteiger partial charge in [0.1, 0.15) is 5.75 Å². The van der Waals surface area contributed by atoms with Crippen LogP contribution >= 0.6 is 0 Å². The summed E-state index contributed by atoms with van der Waals surface area (Å²) in [7, 11) is 2.14. The van der Waals surface area contributed by atoms with Gasteiger partial charge in [-0.05, 0) is 69.8 Å². The number of benzene rings is 2. The lowest BCUT2D eigenvalue weighted by Crippen LogP contribution is -2.53. The first-order chi connectivity index (χ1) is 15.2. The third-order valence-electron chi connectivity index (χ3n) is 6.11. The van der Waals surface area contributed by atoms with Crippen molar-refractivity contribution in [1.82, 2.24) is 4.90 Å². The Hall–Kier alpha value is -3.06. The lowest BCUT2D eigenvalue weighted by molar-refractivity contribution is -0.132. The average molecular weight is 437 g/mol. The third kappa shape index (κ3) is 4.72. The van der Waals surface area contributed by atoms with Gasteiger partial charge in [-0.15, -0.1) is 0 Å². The Bertz CT molecular complexity index is 995. The van der Waals surface area contributed by atoms with Crippen molar-refractivity contribution in [2.75, 3.05) is 54.9 Å². The van der Waals surface area contributed by atoms with Gasteiger partial charge in [0.15, 0.2) is 5.60 Å². The molecule has 1 N–H and O–H groups in total. The van der Waals surface area contributed by atoms with E-state index in [1.165, 1.54) is 5.69 Å². The standard InChI is InChI=1S/C25H32N4O3/c1-18-5-10-22-21(17-18)29(24(31)25(2,3)32-22)12-11-23(30)26-19-6-8-20(9-7-19)28-15-13-27(4)14-16-28/h5-10,17H,11-16H2,1-4H3,(H,26,30). The van der Waals surface area contributed by atoms with Crippen molar-refractivity contribution < 1.29 is 14.3 Å². The maximum Gasteiger partial charge on any atom is 0.270 e. The first-order valence-electron chi connectivity index (χ1n) is 11.2. The van der Waals surface area contributed by atoms with E-state index in [2.05, 4.69) is 22.2 Å². The molecule has 2 aromatic carbocycles. The number of anilines is 3. The smallest absolute Gasteiger partial charge is 0.270 e. The lowest BCUT2D eigenvalue weighted by Gasteiger charge is -2.38. The Labute approximate surface area is 189 Å². The van der Waals surface area contributed by atoms with Crippen LogP contribution in [0.2, 0.25) is 0 Å². The van der Waals surface area contributed by atoms with Crippen LogP contribution < -0.4 is 19.9 Å². The van der Waals surface area contributed by atoms with Crippen molar-refractivity contribution in [3.8, 4) is 5.75 Å². The highest BCUT2D eigenvalue weighted by Gasteiger charge is 2.40. The molecule has 170 valence electrons. The molecule has 1 saturated heterocycles. The normalized spacial score (nSPS) is 18.2. The second kappa shape index (κ2) is 8.82. The van der Waals surface area contributed by atoms with Gasteiger partial charge in [0.05, 0.1) is 5.69 Å². The maximum absolute atomic E-state index is 13.0. The first-order valence-corrected chi connectivity index (χ1v) is 11.2. The van der Waals surface area contributed by atoms with Gasteiger partial charge in [-0.3, -0.25) is 9.59 Å². The lowest BCUT2D eigenvalue weighted by atomic mass is 10.0. The molecule has 2 amide bonds. The van der Waals surface area contributed by atoms with Crippen molar-refractivity contribution in [2.24, 2.45) is 0 Å². The monoisotopic (exact) mass is 436 g/mol. The molecule has 1 fully saturated rings. The number of nitrogens with zero attached hydrogens (tertiary/aromatic N) is 3. The van der Waals surface area contributed by atoms with Gasteiger partial charge < -0.3 is 24.8 Å². The molecule has 7 heteroatoms. The van der Waals surface area contributed by atoms with Crippen LogP contribution in [0.1, 0.15) is 25.8 Å². The molecule has 2 aliphatic heterocycles. The molecule has 0 saturated carbocycles. The number of likely N-dealkylation sites (N-methyl/N-ethyl adjacent to an activating group) is 1. The fraction of sp³-hybridized carbons (Fsp3) is 0.440. The van der Waals surface area contributed by atoms with Crippen LogP contribution in [0.15, 0.2) is 42.5 Å². The van der Waals surface area contributed by atoms with E-state index in [1.54, 1.807) is 18.7 Å². The van der Waals surface area contributed by atoms with E-state index in [9.17, 15) is 9.59 Å². The number of ether oxygens (including phenoxy) is 1. The van der Waals surface area contributed by atoms with Crippen LogP contribution in [-0.4, -0.2) is 62.1 Å². The number of rotatable bonds is 5. The van der Waals surface area contributed by atoms with E-state index in [0.29, 0.717) is 12.3 Å². The minimum atomic E-state index is -0.960. The van der Waals surface area contributed by atoms with Gasteiger partial charge >= 0.3 is 0 Å². The van der Waals surface area contributed by atoms with Crippen molar-refractivity contribution >= 4 is 28.9 Å². The number of piperazine rings is 1. The molecule has 0 atom stereocenters. The summed E-state index contributed by atoms with van der Waals surface area (Å²) >= 11 is 0. The highest BCUT2D eigenvalue weighted by atomic mass is 16.5.